The number of rotatable bonds is 6. The van der Waals surface area contributed by atoms with Crippen LogP contribution in [0.25, 0.3) is 5.69 Å². The SMILES string of the molecule is CC(C)CNCc1ccn(-c2cccc(C(C)C)c2)n1. The number of hydrogen-bond acceptors (Lipinski definition) is 2. The van der Waals surface area contributed by atoms with Crippen molar-refractivity contribution in [1.82, 2.24) is 15.1 Å². The number of nitrogens with one attached hydrogen (secondary N) is 1. The molecule has 1 aromatic carbocycles. The van der Waals surface area contributed by atoms with Gasteiger partial charge in [-0.05, 0) is 42.1 Å². The minimum Gasteiger partial charge on any atom is -0.311 e. The van der Waals surface area contributed by atoms with Gasteiger partial charge in [-0.15, -0.1) is 0 Å². The van der Waals surface area contributed by atoms with Gasteiger partial charge >= 0.3 is 0 Å². The molecule has 2 aromatic rings. The Hall–Kier alpha value is -1.61. The number of hydrogen-bond donors (Lipinski definition) is 1. The van der Waals surface area contributed by atoms with Crippen LogP contribution in [0.5, 0.6) is 0 Å². The van der Waals surface area contributed by atoms with Crippen LogP contribution in [-0.4, -0.2) is 16.3 Å². The molecule has 0 bridgehead atoms. The van der Waals surface area contributed by atoms with E-state index in [4.69, 9.17) is 0 Å². The van der Waals surface area contributed by atoms with Crippen molar-refractivity contribution in [3.8, 4) is 5.69 Å². The van der Waals surface area contributed by atoms with Crippen molar-refractivity contribution >= 4 is 0 Å². The minimum absolute atomic E-state index is 0.540. The topological polar surface area (TPSA) is 29.9 Å². The Kier molecular flexibility index (Phi) is 4.96. The van der Waals surface area contributed by atoms with Crippen LogP contribution in [0.15, 0.2) is 36.5 Å². The highest BCUT2D eigenvalue weighted by Gasteiger charge is 2.04. The lowest BCUT2D eigenvalue weighted by atomic mass is 10.0. The molecule has 0 spiro atoms. The van der Waals surface area contributed by atoms with Crippen LogP contribution in [0.1, 0.15) is 44.9 Å². The summed E-state index contributed by atoms with van der Waals surface area (Å²) < 4.78 is 1.96. The van der Waals surface area contributed by atoms with Crippen LogP contribution in [-0.2, 0) is 6.54 Å². The first-order valence-corrected chi connectivity index (χ1v) is 7.42. The molecule has 0 fully saturated rings. The number of nitrogens with zero attached hydrogens (tertiary/aromatic N) is 2. The Morgan fingerprint density at radius 3 is 2.65 bits per heavy atom. The van der Waals surface area contributed by atoms with Gasteiger partial charge in [-0.3, -0.25) is 0 Å². The van der Waals surface area contributed by atoms with Crippen molar-refractivity contribution in [2.45, 2.75) is 40.2 Å². The first kappa shape index (κ1) is 14.8. The fourth-order valence-corrected chi connectivity index (χ4v) is 2.12. The van der Waals surface area contributed by atoms with Gasteiger partial charge in [0.25, 0.3) is 0 Å². The molecular weight excluding hydrogens is 246 g/mol. The Balaban J connectivity index is 2.06. The molecule has 2 rings (SSSR count). The van der Waals surface area contributed by atoms with Crippen LogP contribution in [0, 0.1) is 5.92 Å². The summed E-state index contributed by atoms with van der Waals surface area (Å²) in [7, 11) is 0. The molecule has 0 saturated carbocycles. The molecule has 0 amide bonds. The molecular formula is C17H25N3. The van der Waals surface area contributed by atoms with Crippen LogP contribution in [0.2, 0.25) is 0 Å². The summed E-state index contributed by atoms with van der Waals surface area (Å²) in [6.07, 6.45) is 2.03. The van der Waals surface area contributed by atoms with E-state index in [2.05, 4.69) is 68.4 Å². The lowest BCUT2D eigenvalue weighted by Gasteiger charge is -2.08. The van der Waals surface area contributed by atoms with Crippen molar-refractivity contribution in [3.05, 3.63) is 47.8 Å². The average molecular weight is 271 g/mol. The van der Waals surface area contributed by atoms with E-state index in [-0.39, 0.29) is 0 Å². The molecule has 0 radical (unpaired) electrons. The Labute approximate surface area is 122 Å². The van der Waals surface area contributed by atoms with Crippen LogP contribution >= 0.6 is 0 Å². The zero-order chi connectivity index (χ0) is 14.5. The molecule has 108 valence electrons. The van der Waals surface area contributed by atoms with Crippen molar-refractivity contribution in [1.29, 1.82) is 0 Å². The monoisotopic (exact) mass is 271 g/mol. The maximum atomic E-state index is 4.63. The van der Waals surface area contributed by atoms with Crippen LogP contribution < -0.4 is 5.32 Å². The number of aromatic nitrogens is 2. The second kappa shape index (κ2) is 6.71. The summed E-state index contributed by atoms with van der Waals surface area (Å²) in [6, 6.07) is 10.7. The normalized spacial score (nSPS) is 11.5. The third-order valence-corrected chi connectivity index (χ3v) is 3.30. The summed E-state index contributed by atoms with van der Waals surface area (Å²) in [4.78, 5) is 0. The van der Waals surface area contributed by atoms with Crippen molar-refractivity contribution in [3.63, 3.8) is 0 Å². The van der Waals surface area contributed by atoms with Gasteiger partial charge in [0, 0.05) is 12.7 Å². The average Bonchev–Trinajstić information content (AvgIpc) is 2.87. The van der Waals surface area contributed by atoms with E-state index in [0.717, 1.165) is 24.5 Å². The third kappa shape index (κ3) is 3.94. The fraction of sp³-hybridized carbons (Fsp3) is 0.471. The molecule has 1 N–H and O–H groups in total. The van der Waals surface area contributed by atoms with Gasteiger partial charge in [-0.25, -0.2) is 4.68 Å². The standard InChI is InChI=1S/C17H25N3/c1-13(2)11-18-12-16-8-9-20(19-16)17-7-5-6-15(10-17)14(3)4/h5-10,13-14,18H,11-12H2,1-4H3. The Morgan fingerprint density at radius 1 is 1.15 bits per heavy atom. The van der Waals surface area contributed by atoms with Crippen molar-refractivity contribution < 1.29 is 0 Å². The van der Waals surface area contributed by atoms with Gasteiger partial charge in [0.1, 0.15) is 0 Å². The summed E-state index contributed by atoms with van der Waals surface area (Å²) >= 11 is 0. The summed E-state index contributed by atoms with van der Waals surface area (Å²) in [5, 5.41) is 8.05. The molecule has 0 aliphatic carbocycles. The van der Waals surface area contributed by atoms with Gasteiger partial charge in [0.2, 0.25) is 0 Å². The molecule has 20 heavy (non-hydrogen) atoms. The zero-order valence-electron chi connectivity index (χ0n) is 12.9. The second-order valence-electron chi connectivity index (χ2n) is 6.03. The van der Waals surface area contributed by atoms with E-state index < -0.39 is 0 Å². The quantitative estimate of drug-likeness (QED) is 0.867. The predicted octanol–water partition coefficient (Wildman–Crippen LogP) is 3.74. The lowest BCUT2D eigenvalue weighted by molar-refractivity contribution is 0.546. The Morgan fingerprint density at radius 2 is 1.95 bits per heavy atom. The summed E-state index contributed by atoms with van der Waals surface area (Å²) in [5.74, 6) is 1.21. The van der Waals surface area contributed by atoms with E-state index in [0.29, 0.717) is 11.8 Å². The first-order chi connectivity index (χ1) is 9.56. The Bertz CT molecular complexity index is 541. The highest BCUT2D eigenvalue weighted by atomic mass is 15.3. The molecule has 3 nitrogen and oxygen atoms in total. The molecule has 1 aromatic heterocycles. The smallest absolute Gasteiger partial charge is 0.0766 e. The van der Waals surface area contributed by atoms with Gasteiger partial charge in [-0.1, -0.05) is 39.8 Å². The maximum Gasteiger partial charge on any atom is 0.0766 e. The van der Waals surface area contributed by atoms with Gasteiger partial charge in [-0.2, -0.15) is 5.10 Å². The van der Waals surface area contributed by atoms with Crippen LogP contribution in [0.4, 0.5) is 0 Å². The molecule has 3 heteroatoms. The summed E-state index contributed by atoms with van der Waals surface area (Å²) in [6.45, 7) is 10.7. The summed E-state index contributed by atoms with van der Waals surface area (Å²) in [5.41, 5.74) is 3.56. The van der Waals surface area contributed by atoms with E-state index in [1.54, 1.807) is 0 Å². The molecule has 0 saturated heterocycles. The first-order valence-electron chi connectivity index (χ1n) is 7.42. The van der Waals surface area contributed by atoms with Crippen LogP contribution in [0.3, 0.4) is 0 Å². The van der Waals surface area contributed by atoms with E-state index >= 15 is 0 Å². The molecule has 1 heterocycles. The molecule has 0 aliphatic rings. The number of benzene rings is 1. The minimum atomic E-state index is 0.540. The second-order valence-corrected chi connectivity index (χ2v) is 6.03. The van der Waals surface area contributed by atoms with Gasteiger partial charge in [0.05, 0.1) is 11.4 Å². The maximum absolute atomic E-state index is 4.63. The van der Waals surface area contributed by atoms with Gasteiger partial charge < -0.3 is 5.32 Å². The van der Waals surface area contributed by atoms with Gasteiger partial charge in [0.15, 0.2) is 0 Å². The zero-order valence-corrected chi connectivity index (χ0v) is 12.9. The lowest BCUT2D eigenvalue weighted by Crippen LogP contribution is -2.19. The highest BCUT2D eigenvalue weighted by Crippen LogP contribution is 2.17. The van der Waals surface area contributed by atoms with E-state index in [9.17, 15) is 0 Å². The van der Waals surface area contributed by atoms with Crippen molar-refractivity contribution in [2.24, 2.45) is 5.92 Å². The molecule has 0 atom stereocenters. The highest BCUT2D eigenvalue weighted by molar-refractivity contribution is 5.36. The third-order valence-electron chi connectivity index (χ3n) is 3.30. The van der Waals surface area contributed by atoms with Crippen molar-refractivity contribution in [2.75, 3.05) is 6.54 Å². The predicted molar refractivity (Wildman–Crippen MR) is 84.2 cm³/mol. The molecule has 0 aliphatic heterocycles. The fourth-order valence-electron chi connectivity index (χ4n) is 2.12. The van der Waals surface area contributed by atoms with E-state index in [1.807, 2.05) is 10.9 Å². The molecule has 0 unspecified atom stereocenters. The largest absolute Gasteiger partial charge is 0.311 e. The van der Waals surface area contributed by atoms with E-state index in [1.165, 1.54) is 5.56 Å².